The topological polar surface area (TPSA) is 52.0 Å². The molecule has 1 aromatic heterocycles. The molecule has 0 radical (unpaired) electrons. The van der Waals surface area contributed by atoms with Gasteiger partial charge in [-0.1, -0.05) is 36.0 Å². The molecule has 0 fully saturated rings. The molecule has 0 spiro atoms. The van der Waals surface area contributed by atoms with Crippen molar-refractivity contribution in [2.24, 2.45) is 0 Å². The average Bonchev–Trinajstić information content (AvgIpc) is 2.65. The van der Waals surface area contributed by atoms with Crippen LogP contribution in [0.25, 0.3) is 5.69 Å². The zero-order chi connectivity index (χ0) is 19.6. The SMILES string of the molecule is Cc1cccc(-n2ccnc(SC(C)C(=O)c3ccc(C)c(C)c3)c2=O)c1. The molecule has 0 amide bonds. The van der Waals surface area contributed by atoms with E-state index in [2.05, 4.69) is 4.98 Å². The molecule has 1 heterocycles. The van der Waals surface area contributed by atoms with Crippen LogP contribution in [0, 0.1) is 20.8 Å². The summed E-state index contributed by atoms with van der Waals surface area (Å²) in [4.78, 5) is 29.8. The number of thioether (sulfide) groups is 1. The third-order valence-electron chi connectivity index (χ3n) is 4.54. The fourth-order valence-electron chi connectivity index (χ4n) is 2.81. The quantitative estimate of drug-likeness (QED) is 0.484. The lowest BCUT2D eigenvalue weighted by Crippen LogP contribution is -2.23. The minimum atomic E-state index is -0.402. The largest absolute Gasteiger partial charge is 0.293 e. The second-order valence-electron chi connectivity index (χ2n) is 6.67. The highest BCUT2D eigenvalue weighted by Crippen LogP contribution is 2.23. The lowest BCUT2D eigenvalue weighted by Gasteiger charge is -2.12. The predicted octanol–water partition coefficient (Wildman–Crippen LogP) is 4.52. The van der Waals surface area contributed by atoms with E-state index in [-0.39, 0.29) is 11.3 Å². The molecule has 3 aromatic rings. The summed E-state index contributed by atoms with van der Waals surface area (Å²) in [7, 11) is 0. The third kappa shape index (κ3) is 4.19. The molecule has 0 aliphatic heterocycles. The molecule has 4 nitrogen and oxygen atoms in total. The first-order valence-corrected chi connectivity index (χ1v) is 9.67. The average molecular weight is 378 g/mol. The van der Waals surface area contributed by atoms with Crippen LogP contribution in [-0.4, -0.2) is 20.6 Å². The standard InChI is InChI=1S/C22H22N2O2S/c1-14-6-5-7-19(12-14)24-11-10-23-21(22(24)26)27-17(4)20(25)18-9-8-15(2)16(3)13-18/h5-13,17H,1-4H3. The fourth-order valence-corrected chi connectivity index (χ4v) is 3.70. The number of ketones is 1. The number of hydrogen-bond acceptors (Lipinski definition) is 4. The number of nitrogens with zero attached hydrogens (tertiary/aromatic N) is 2. The van der Waals surface area contributed by atoms with Gasteiger partial charge in [-0.15, -0.1) is 0 Å². The van der Waals surface area contributed by atoms with Crippen molar-refractivity contribution in [1.82, 2.24) is 9.55 Å². The van der Waals surface area contributed by atoms with Crippen LogP contribution in [0.4, 0.5) is 0 Å². The highest BCUT2D eigenvalue weighted by Gasteiger charge is 2.20. The van der Waals surface area contributed by atoms with Crippen LogP contribution in [-0.2, 0) is 0 Å². The van der Waals surface area contributed by atoms with Crippen molar-refractivity contribution >= 4 is 17.5 Å². The van der Waals surface area contributed by atoms with E-state index in [1.807, 2.05) is 70.2 Å². The summed E-state index contributed by atoms with van der Waals surface area (Å²) in [5.41, 5.74) is 4.54. The fraction of sp³-hybridized carbons (Fsp3) is 0.227. The predicted molar refractivity (Wildman–Crippen MR) is 110 cm³/mol. The summed E-state index contributed by atoms with van der Waals surface area (Å²) in [5.74, 6) is -0.00439. The summed E-state index contributed by atoms with van der Waals surface area (Å²) < 4.78 is 1.57. The smallest absolute Gasteiger partial charge is 0.287 e. The molecule has 138 valence electrons. The lowest BCUT2D eigenvalue weighted by atomic mass is 10.0. The van der Waals surface area contributed by atoms with Crippen molar-refractivity contribution in [3.05, 3.63) is 87.5 Å². The Bertz CT molecular complexity index is 1060. The Morgan fingerprint density at radius 1 is 1.07 bits per heavy atom. The molecule has 0 saturated heterocycles. The molecule has 0 aliphatic carbocycles. The van der Waals surface area contributed by atoms with Gasteiger partial charge in [0.1, 0.15) is 0 Å². The first kappa shape index (κ1) is 19.1. The van der Waals surface area contributed by atoms with Crippen molar-refractivity contribution in [3.8, 4) is 5.69 Å². The van der Waals surface area contributed by atoms with Gasteiger partial charge in [-0.2, -0.15) is 0 Å². The van der Waals surface area contributed by atoms with E-state index in [0.29, 0.717) is 10.6 Å². The van der Waals surface area contributed by atoms with Crippen LogP contribution in [0.2, 0.25) is 0 Å². The van der Waals surface area contributed by atoms with Crippen LogP contribution < -0.4 is 5.56 Å². The molecular weight excluding hydrogens is 356 g/mol. The van der Waals surface area contributed by atoms with Gasteiger partial charge in [0.25, 0.3) is 5.56 Å². The molecule has 2 aromatic carbocycles. The maximum Gasteiger partial charge on any atom is 0.287 e. The maximum atomic E-state index is 12.8. The van der Waals surface area contributed by atoms with Gasteiger partial charge in [0.15, 0.2) is 10.8 Å². The first-order valence-electron chi connectivity index (χ1n) is 8.79. The molecular formula is C22H22N2O2S. The van der Waals surface area contributed by atoms with E-state index in [4.69, 9.17) is 0 Å². The Labute approximate surface area is 163 Å². The monoisotopic (exact) mass is 378 g/mol. The Morgan fingerprint density at radius 2 is 1.85 bits per heavy atom. The number of carbonyl (C=O) groups excluding carboxylic acids is 1. The third-order valence-corrected chi connectivity index (χ3v) is 5.61. The molecule has 0 saturated carbocycles. The zero-order valence-corrected chi connectivity index (χ0v) is 16.7. The molecule has 0 bridgehead atoms. The highest BCUT2D eigenvalue weighted by molar-refractivity contribution is 8.00. The van der Waals surface area contributed by atoms with E-state index in [9.17, 15) is 9.59 Å². The molecule has 0 aliphatic rings. The molecule has 5 heteroatoms. The van der Waals surface area contributed by atoms with E-state index in [0.717, 1.165) is 22.4 Å². The minimum absolute atomic E-state index is 0.00439. The Kier molecular flexibility index (Phi) is 5.61. The maximum absolute atomic E-state index is 12.8. The number of aromatic nitrogens is 2. The number of carbonyl (C=O) groups is 1. The van der Waals surface area contributed by atoms with Crippen molar-refractivity contribution in [2.75, 3.05) is 0 Å². The van der Waals surface area contributed by atoms with E-state index < -0.39 is 5.25 Å². The summed E-state index contributed by atoms with van der Waals surface area (Å²) in [6, 6.07) is 13.4. The molecule has 3 rings (SSSR count). The zero-order valence-electron chi connectivity index (χ0n) is 15.9. The van der Waals surface area contributed by atoms with Gasteiger partial charge in [-0.05, 0) is 62.6 Å². The Balaban J connectivity index is 1.87. The summed E-state index contributed by atoms with van der Waals surface area (Å²) in [6.45, 7) is 7.80. The van der Waals surface area contributed by atoms with Crippen LogP contribution in [0.1, 0.15) is 34.0 Å². The number of Topliss-reactive ketones (excluding diaryl/α,β-unsaturated/α-hetero) is 1. The van der Waals surface area contributed by atoms with Crippen molar-refractivity contribution in [1.29, 1.82) is 0 Å². The summed E-state index contributed by atoms with van der Waals surface area (Å²) >= 11 is 1.20. The Hall–Kier alpha value is -2.66. The van der Waals surface area contributed by atoms with Gasteiger partial charge in [-0.25, -0.2) is 4.98 Å². The van der Waals surface area contributed by atoms with Gasteiger partial charge in [-0.3, -0.25) is 14.2 Å². The van der Waals surface area contributed by atoms with E-state index >= 15 is 0 Å². The summed E-state index contributed by atoms with van der Waals surface area (Å²) in [6.07, 6.45) is 3.25. The number of benzene rings is 2. The van der Waals surface area contributed by atoms with Gasteiger partial charge in [0.2, 0.25) is 0 Å². The van der Waals surface area contributed by atoms with Gasteiger partial charge >= 0.3 is 0 Å². The first-order chi connectivity index (χ1) is 12.9. The lowest BCUT2D eigenvalue weighted by molar-refractivity contribution is 0.0994. The molecule has 27 heavy (non-hydrogen) atoms. The Morgan fingerprint density at radius 3 is 2.56 bits per heavy atom. The van der Waals surface area contributed by atoms with Crippen molar-refractivity contribution in [3.63, 3.8) is 0 Å². The second kappa shape index (κ2) is 7.92. The second-order valence-corrected chi connectivity index (χ2v) is 8.00. The van der Waals surface area contributed by atoms with Gasteiger partial charge < -0.3 is 0 Å². The number of hydrogen-bond donors (Lipinski definition) is 0. The normalized spacial score (nSPS) is 12.0. The van der Waals surface area contributed by atoms with Gasteiger partial charge in [0, 0.05) is 23.6 Å². The van der Waals surface area contributed by atoms with Crippen LogP contribution in [0.15, 0.2) is 64.7 Å². The van der Waals surface area contributed by atoms with Crippen molar-refractivity contribution in [2.45, 2.75) is 38.0 Å². The minimum Gasteiger partial charge on any atom is -0.293 e. The van der Waals surface area contributed by atoms with Crippen LogP contribution in [0.3, 0.4) is 0 Å². The van der Waals surface area contributed by atoms with Crippen LogP contribution in [0.5, 0.6) is 0 Å². The molecule has 1 unspecified atom stereocenters. The van der Waals surface area contributed by atoms with E-state index in [1.165, 1.54) is 11.8 Å². The number of aryl methyl sites for hydroxylation is 3. The van der Waals surface area contributed by atoms with Crippen molar-refractivity contribution < 1.29 is 4.79 Å². The summed E-state index contributed by atoms with van der Waals surface area (Å²) in [5, 5.41) is -0.0793. The van der Waals surface area contributed by atoms with E-state index in [1.54, 1.807) is 17.0 Å². The van der Waals surface area contributed by atoms with Crippen LogP contribution >= 0.6 is 11.8 Å². The number of rotatable bonds is 5. The highest BCUT2D eigenvalue weighted by atomic mass is 32.2. The molecule has 0 N–H and O–H groups in total. The van der Waals surface area contributed by atoms with Gasteiger partial charge in [0.05, 0.1) is 5.25 Å². The molecule has 1 atom stereocenters.